The molecule has 1 aliphatic rings. The summed E-state index contributed by atoms with van der Waals surface area (Å²) in [5, 5.41) is 10.9. The Kier molecular flexibility index (Phi) is 3.94. The molecule has 0 saturated carbocycles. The Morgan fingerprint density at radius 2 is 2.21 bits per heavy atom. The second-order valence-electron chi connectivity index (χ2n) is 4.55. The van der Waals surface area contributed by atoms with E-state index in [0.717, 1.165) is 25.9 Å². The minimum Gasteiger partial charge on any atom is -0.345 e. The molecule has 0 aliphatic carbocycles. The SMILES string of the molecule is CN(CC(=O)N1CCCC1)c1ncccc1[N+](=O)[O-]. The summed E-state index contributed by atoms with van der Waals surface area (Å²) >= 11 is 0. The fourth-order valence-electron chi connectivity index (χ4n) is 2.17. The summed E-state index contributed by atoms with van der Waals surface area (Å²) in [6.07, 6.45) is 3.54. The molecule has 19 heavy (non-hydrogen) atoms. The number of carbonyl (C=O) groups excluding carboxylic acids is 1. The third-order valence-electron chi connectivity index (χ3n) is 3.16. The average molecular weight is 264 g/mol. The van der Waals surface area contributed by atoms with Gasteiger partial charge in [0.25, 0.3) is 0 Å². The first-order valence-electron chi connectivity index (χ1n) is 6.18. The maximum atomic E-state index is 12.0. The van der Waals surface area contributed by atoms with Gasteiger partial charge in [0, 0.05) is 32.4 Å². The number of pyridine rings is 1. The fourth-order valence-corrected chi connectivity index (χ4v) is 2.17. The molecule has 0 N–H and O–H groups in total. The van der Waals surface area contributed by atoms with Crippen molar-refractivity contribution < 1.29 is 9.72 Å². The predicted molar refractivity (Wildman–Crippen MR) is 70.0 cm³/mol. The Morgan fingerprint density at radius 3 is 2.84 bits per heavy atom. The molecule has 2 rings (SSSR count). The van der Waals surface area contributed by atoms with Crippen LogP contribution in [0.4, 0.5) is 11.5 Å². The highest BCUT2D eigenvalue weighted by Gasteiger charge is 2.23. The Morgan fingerprint density at radius 1 is 1.53 bits per heavy atom. The maximum absolute atomic E-state index is 12.0. The van der Waals surface area contributed by atoms with E-state index >= 15 is 0 Å². The number of nitro groups is 1. The lowest BCUT2D eigenvalue weighted by Crippen LogP contribution is -2.37. The molecule has 0 radical (unpaired) electrons. The van der Waals surface area contributed by atoms with Crippen LogP contribution in [-0.4, -0.2) is 47.4 Å². The Labute approximate surface area is 111 Å². The standard InChI is InChI=1S/C12H16N4O3/c1-14(9-11(17)15-7-2-3-8-15)12-10(16(18)19)5-4-6-13-12/h4-6H,2-3,7-9H2,1H3. The molecule has 0 aromatic carbocycles. The number of aromatic nitrogens is 1. The second kappa shape index (κ2) is 5.64. The Balaban J connectivity index is 2.09. The Bertz CT molecular complexity index is 486. The normalized spacial score (nSPS) is 14.5. The van der Waals surface area contributed by atoms with E-state index in [2.05, 4.69) is 4.98 Å². The molecule has 102 valence electrons. The van der Waals surface area contributed by atoms with Crippen LogP contribution in [0.15, 0.2) is 18.3 Å². The van der Waals surface area contributed by atoms with Crippen molar-refractivity contribution in [3.05, 3.63) is 28.4 Å². The molecular formula is C12H16N4O3. The molecule has 0 unspecified atom stereocenters. The van der Waals surface area contributed by atoms with Crippen LogP contribution in [0.25, 0.3) is 0 Å². The van der Waals surface area contributed by atoms with E-state index in [1.54, 1.807) is 11.9 Å². The van der Waals surface area contributed by atoms with Gasteiger partial charge in [0.05, 0.1) is 11.5 Å². The molecule has 1 amide bonds. The molecule has 7 nitrogen and oxygen atoms in total. The number of anilines is 1. The quantitative estimate of drug-likeness (QED) is 0.600. The molecular weight excluding hydrogens is 248 g/mol. The Hall–Kier alpha value is -2.18. The van der Waals surface area contributed by atoms with E-state index in [9.17, 15) is 14.9 Å². The lowest BCUT2D eigenvalue weighted by molar-refractivity contribution is -0.384. The van der Waals surface area contributed by atoms with Gasteiger partial charge in [0.1, 0.15) is 0 Å². The lowest BCUT2D eigenvalue weighted by atomic mass is 10.3. The van der Waals surface area contributed by atoms with Gasteiger partial charge < -0.3 is 9.80 Å². The van der Waals surface area contributed by atoms with Gasteiger partial charge >= 0.3 is 5.69 Å². The summed E-state index contributed by atoms with van der Waals surface area (Å²) in [5.41, 5.74) is -0.0841. The molecule has 0 spiro atoms. The van der Waals surface area contributed by atoms with Crippen LogP contribution in [0.5, 0.6) is 0 Å². The van der Waals surface area contributed by atoms with Gasteiger partial charge in [-0.1, -0.05) is 0 Å². The monoisotopic (exact) mass is 264 g/mol. The van der Waals surface area contributed by atoms with Crippen molar-refractivity contribution in [2.75, 3.05) is 31.6 Å². The zero-order chi connectivity index (χ0) is 13.8. The molecule has 0 atom stereocenters. The van der Waals surface area contributed by atoms with Gasteiger partial charge in [0.15, 0.2) is 0 Å². The third-order valence-corrected chi connectivity index (χ3v) is 3.16. The van der Waals surface area contributed by atoms with Crippen LogP contribution in [-0.2, 0) is 4.79 Å². The third kappa shape index (κ3) is 2.98. The smallest absolute Gasteiger partial charge is 0.311 e. The molecule has 2 heterocycles. The topological polar surface area (TPSA) is 79.6 Å². The van der Waals surface area contributed by atoms with Gasteiger partial charge in [-0.25, -0.2) is 4.98 Å². The van der Waals surface area contributed by atoms with Crippen LogP contribution in [0, 0.1) is 10.1 Å². The van der Waals surface area contributed by atoms with Crippen molar-refractivity contribution in [2.24, 2.45) is 0 Å². The summed E-state index contributed by atoms with van der Waals surface area (Å²) in [4.78, 5) is 29.7. The summed E-state index contributed by atoms with van der Waals surface area (Å²) in [7, 11) is 1.64. The highest BCUT2D eigenvalue weighted by atomic mass is 16.6. The van der Waals surface area contributed by atoms with Gasteiger partial charge in [-0.3, -0.25) is 14.9 Å². The number of amides is 1. The molecule has 1 aromatic rings. The first-order valence-corrected chi connectivity index (χ1v) is 6.18. The van der Waals surface area contributed by atoms with E-state index in [-0.39, 0.29) is 24.0 Å². The molecule has 1 aliphatic heterocycles. The van der Waals surface area contributed by atoms with Gasteiger partial charge in [-0.05, 0) is 18.9 Å². The van der Waals surface area contributed by atoms with Crippen LogP contribution in [0.3, 0.4) is 0 Å². The molecule has 0 bridgehead atoms. The minimum absolute atomic E-state index is 0.0139. The molecule has 1 fully saturated rings. The number of rotatable bonds is 4. The van der Waals surface area contributed by atoms with E-state index < -0.39 is 4.92 Å². The highest BCUT2D eigenvalue weighted by molar-refractivity contribution is 5.82. The fraction of sp³-hybridized carbons (Fsp3) is 0.500. The zero-order valence-electron chi connectivity index (χ0n) is 10.8. The van der Waals surface area contributed by atoms with E-state index in [0.29, 0.717) is 0 Å². The summed E-state index contributed by atoms with van der Waals surface area (Å²) in [6.45, 7) is 1.66. The van der Waals surface area contributed by atoms with Crippen molar-refractivity contribution in [1.82, 2.24) is 9.88 Å². The minimum atomic E-state index is -0.487. The van der Waals surface area contributed by atoms with Crippen molar-refractivity contribution in [2.45, 2.75) is 12.8 Å². The summed E-state index contributed by atoms with van der Waals surface area (Å²) < 4.78 is 0. The zero-order valence-corrected chi connectivity index (χ0v) is 10.8. The number of likely N-dealkylation sites (N-methyl/N-ethyl adjacent to an activating group) is 1. The maximum Gasteiger partial charge on any atom is 0.311 e. The molecule has 7 heteroatoms. The van der Waals surface area contributed by atoms with Gasteiger partial charge in [-0.15, -0.1) is 0 Å². The molecule has 1 saturated heterocycles. The number of carbonyl (C=O) groups is 1. The number of hydrogen-bond donors (Lipinski definition) is 0. The summed E-state index contributed by atoms with van der Waals surface area (Å²) in [6, 6.07) is 2.90. The van der Waals surface area contributed by atoms with Crippen LogP contribution >= 0.6 is 0 Å². The number of nitrogens with zero attached hydrogens (tertiary/aromatic N) is 4. The average Bonchev–Trinajstić information content (AvgIpc) is 2.92. The van der Waals surface area contributed by atoms with Crippen molar-refractivity contribution >= 4 is 17.4 Å². The lowest BCUT2D eigenvalue weighted by Gasteiger charge is -2.21. The first kappa shape index (κ1) is 13.3. The van der Waals surface area contributed by atoms with Gasteiger partial charge in [0.2, 0.25) is 11.7 Å². The largest absolute Gasteiger partial charge is 0.345 e. The van der Waals surface area contributed by atoms with Gasteiger partial charge in [-0.2, -0.15) is 0 Å². The van der Waals surface area contributed by atoms with Crippen LogP contribution < -0.4 is 4.90 Å². The van der Waals surface area contributed by atoms with Crippen molar-refractivity contribution in [3.63, 3.8) is 0 Å². The van der Waals surface area contributed by atoms with E-state index in [4.69, 9.17) is 0 Å². The number of hydrogen-bond acceptors (Lipinski definition) is 5. The van der Waals surface area contributed by atoms with E-state index in [1.165, 1.54) is 23.2 Å². The second-order valence-corrected chi connectivity index (χ2v) is 4.55. The molecule has 1 aromatic heterocycles. The van der Waals surface area contributed by atoms with Crippen molar-refractivity contribution in [3.8, 4) is 0 Å². The summed E-state index contributed by atoms with van der Waals surface area (Å²) in [5.74, 6) is 0.208. The number of likely N-dealkylation sites (tertiary alicyclic amines) is 1. The van der Waals surface area contributed by atoms with Crippen LogP contribution in [0.1, 0.15) is 12.8 Å². The highest BCUT2D eigenvalue weighted by Crippen LogP contribution is 2.23. The first-order chi connectivity index (χ1) is 9.09. The van der Waals surface area contributed by atoms with Crippen LogP contribution in [0.2, 0.25) is 0 Å². The predicted octanol–water partition coefficient (Wildman–Crippen LogP) is 1.05. The van der Waals surface area contributed by atoms with Crippen molar-refractivity contribution in [1.29, 1.82) is 0 Å². The van der Waals surface area contributed by atoms with E-state index in [1.807, 2.05) is 0 Å².